The lowest BCUT2D eigenvalue weighted by molar-refractivity contribution is -0.390. The van der Waals surface area contributed by atoms with Gasteiger partial charge in [-0.05, 0) is 53.6 Å². The number of sulfonamides is 1. The number of amides is 1. The number of hydrogen-bond donors (Lipinski definition) is 1. The first-order valence-electron chi connectivity index (χ1n) is 9.71. The molecule has 168 valence electrons. The Labute approximate surface area is 181 Å². The Balaban J connectivity index is 2.24. The number of aromatic nitrogens is 1. The van der Waals surface area contributed by atoms with E-state index in [-0.39, 0.29) is 16.3 Å². The summed E-state index contributed by atoms with van der Waals surface area (Å²) in [6.07, 6.45) is -1.09. The average molecular weight is 451 g/mol. The van der Waals surface area contributed by atoms with Crippen molar-refractivity contribution < 1.29 is 22.9 Å². The third kappa shape index (κ3) is 5.56. The monoisotopic (exact) mass is 450 g/mol. The molecule has 1 unspecified atom stereocenters. The van der Waals surface area contributed by atoms with E-state index in [1.54, 1.807) is 39.8 Å². The van der Waals surface area contributed by atoms with E-state index < -0.39 is 32.8 Å². The normalized spacial score (nSPS) is 12.5. The summed E-state index contributed by atoms with van der Waals surface area (Å²) >= 11 is 0. The Morgan fingerprint density at radius 2 is 1.87 bits per heavy atom. The maximum atomic E-state index is 12.9. The number of carbonyl (C=O) groups is 1. The van der Waals surface area contributed by atoms with Crippen molar-refractivity contribution in [1.82, 2.24) is 9.29 Å². The molecule has 0 aliphatic rings. The number of aryl methyl sites for hydroxylation is 2. The molecular weight excluding hydrogens is 424 g/mol. The third-order valence-electron chi connectivity index (χ3n) is 4.60. The summed E-state index contributed by atoms with van der Waals surface area (Å²) in [6.45, 7) is 8.86. The van der Waals surface area contributed by atoms with Crippen LogP contribution in [0.15, 0.2) is 35.2 Å². The predicted octanol–water partition coefficient (Wildman–Crippen LogP) is 3.04. The number of nitrogens with one attached hydrogen (secondary N) is 1. The topological polar surface area (TPSA) is 132 Å². The summed E-state index contributed by atoms with van der Waals surface area (Å²) in [6, 6.07) is 7.50. The summed E-state index contributed by atoms with van der Waals surface area (Å²) in [5.74, 6) is -1.21. The quantitative estimate of drug-likeness (QED) is 0.459. The molecule has 11 heteroatoms. The largest absolute Gasteiger partial charge is 0.473 e. The molecule has 0 bridgehead atoms. The Bertz CT molecular complexity index is 1080. The molecule has 1 aromatic heterocycles. The highest BCUT2D eigenvalue weighted by atomic mass is 32.2. The van der Waals surface area contributed by atoms with Crippen molar-refractivity contribution in [3.8, 4) is 5.75 Å². The maximum absolute atomic E-state index is 12.9. The molecule has 0 aliphatic heterocycles. The van der Waals surface area contributed by atoms with Crippen molar-refractivity contribution in [2.45, 2.75) is 45.6 Å². The minimum Gasteiger partial charge on any atom is -0.473 e. The van der Waals surface area contributed by atoms with Crippen molar-refractivity contribution >= 4 is 27.4 Å². The second kappa shape index (κ2) is 9.84. The van der Waals surface area contributed by atoms with E-state index in [1.165, 1.54) is 29.4 Å². The van der Waals surface area contributed by atoms with Crippen molar-refractivity contribution in [3.63, 3.8) is 0 Å². The fraction of sp³-hybridized carbons (Fsp3) is 0.400. The van der Waals surface area contributed by atoms with Crippen molar-refractivity contribution in [1.29, 1.82) is 0 Å². The first-order chi connectivity index (χ1) is 14.5. The van der Waals surface area contributed by atoms with Crippen LogP contribution in [-0.4, -0.2) is 47.7 Å². The zero-order valence-corrected chi connectivity index (χ0v) is 18.9. The molecule has 0 fully saturated rings. The van der Waals surface area contributed by atoms with Gasteiger partial charge in [-0.3, -0.25) is 4.79 Å². The van der Waals surface area contributed by atoms with Gasteiger partial charge < -0.3 is 20.2 Å². The van der Waals surface area contributed by atoms with Crippen LogP contribution in [0.2, 0.25) is 0 Å². The molecule has 1 aromatic carbocycles. The van der Waals surface area contributed by atoms with Gasteiger partial charge in [0.05, 0.1) is 4.90 Å². The minimum absolute atomic E-state index is 0.0981. The van der Waals surface area contributed by atoms with Crippen molar-refractivity contribution in [3.05, 3.63) is 51.7 Å². The van der Waals surface area contributed by atoms with E-state index in [1.807, 2.05) is 0 Å². The minimum atomic E-state index is -3.71. The van der Waals surface area contributed by atoms with Gasteiger partial charge in [0.2, 0.25) is 15.8 Å². The summed E-state index contributed by atoms with van der Waals surface area (Å²) < 4.78 is 32.5. The Morgan fingerprint density at radius 1 is 1.23 bits per heavy atom. The number of hydrogen-bond acceptors (Lipinski definition) is 7. The molecule has 0 spiro atoms. The fourth-order valence-electron chi connectivity index (χ4n) is 2.90. The number of ether oxygens (including phenoxy) is 1. The molecule has 0 radical (unpaired) electrons. The molecule has 1 N–H and O–H groups in total. The van der Waals surface area contributed by atoms with Gasteiger partial charge in [0.15, 0.2) is 6.10 Å². The lowest BCUT2D eigenvalue weighted by Gasteiger charge is -2.20. The van der Waals surface area contributed by atoms with Crippen LogP contribution >= 0.6 is 0 Å². The van der Waals surface area contributed by atoms with Crippen LogP contribution in [0, 0.1) is 24.0 Å². The van der Waals surface area contributed by atoms with E-state index >= 15 is 0 Å². The van der Waals surface area contributed by atoms with E-state index in [2.05, 4.69) is 10.3 Å². The average Bonchev–Trinajstić information content (AvgIpc) is 2.71. The number of nitrogens with zero attached hydrogens (tertiary/aromatic N) is 3. The van der Waals surface area contributed by atoms with Crippen LogP contribution in [-0.2, 0) is 14.8 Å². The first kappa shape index (κ1) is 24.2. The highest BCUT2D eigenvalue weighted by Crippen LogP contribution is 2.27. The van der Waals surface area contributed by atoms with Gasteiger partial charge in [-0.1, -0.05) is 19.9 Å². The van der Waals surface area contributed by atoms with Gasteiger partial charge in [0.1, 0.15) is 5.69 Å². The van der Waals surface area contributed by atoms with Crippen LogP contribution in [0.1, 0.15) is 32.0 Å². The molecule has 0 aliphatic carbocycles. The molecule has 10 nitrogen and oxygen atoms in total. The van der Waals surface area contributed by atoms with E-state index in [0.29, 0.717) is 24.3 Å². The smallest absolute Gasteiger partial charge is 0.406 e. The molecular formula is C20H26N4O6S. The number of carbonyl (C=O) groups excluding carboxylic acids is 1. The number of rotatable bonds is 9. The Morgan fingerprint density at radius 3 is 2.45 bits per heavy atom. The SMILES string of the molecule is CCN(CC)S(=O)(=O)c1cc(NC(=O)C(C)Oc2ccc(C)nc2[N+](=O)[O-])ccc1C. The fourth-order valence-corrected chi connectivity index (χ4v) is 4.61. The number of anilines is 1. The van der Waals surface area contributed by atoms with E-state index in [4.69, 9.17) is 4.74 Å². The summed E-state index contributed by atoms with van der Waals surface area (Å²) in [4.78, 5) is 27.0. The molecule has 1 amide bonds. The highest BCUT2D eigenvalue weighted by molar-refractivity contribution is 7.89. The van der Waals surface area contributed by atoms with E-state index in [0.717, 1.165) is 0 Å². The van der Waals surface area contributed by atoms with E-state index in [9.17, 15) is 23.3 Å². The second-order valence-electron chi connectivity index (χ2n) is 6.85. The molecule has 0 saturated carbocycles. The Hall–Kier alpha value is -3.05. The van der Waals surface area contributed by atoms with Gasteiger partial charge >= 0.3 is 5.82 Å². The highest BCUT2D eigenvalue weighted by Gasteiger charge is 2.26. The van der Waals surface area contributed by atoms with Crippen molar-refractivity contribution in [2.24, 2.45) is 0 Å². The molecule has 1 heterocycles. The lowest BCUT2D eigenvalue weighted by Crippen LogP contribution is -2.32. The number of benzene rings is 1. The summed E-state index contributed by atoms with van der Waals surface area (Å²) in [5, 5.41) is 13.8. The third-order valence-corrected chi connectivity index (χ3v) is 6.80. The van der Waals surface area contributed by atoms with Gasteiger partial charge in [0.25, 0.3) is 5.91 Å². The number of pyridine rings is 1. The van der Waals surface area contributed by atoms with Crippen molar-refractivity contribution in [2.75, 3.05) is 18.4 Å². The van der Waals surface area contributed by atoms with Crippen LogP contribution in [0.5, 0.6) is 5.75 Å². The zero-order chi connectivity index (χ0) is 23.3. The van der Waals surface area contributed by atoms with Gasteiger partial charge in [0, 0.05) is 25.7 Å². The van der Waals surface area contributed by atoms with Crippen LogP contribution < -0.4 is 10.1 Å². The Kier molecular flexibility index (Phi) is 7.69. The summed E-state index contributed by atoms with van der Waals surface area (Å²) in [5.41, 5.74) is 1.27. The number of nitro groups is 1. The molecule has 2 aromatic rings. The first-order valence-corrected chi connectivity index (χ1v) is 11.2. The second-order valence-corrected chi connectivity index (χ2v) is 8.76. The molecule has 31 heavy (non-hydrogen) atoms. The molecule has 1 atom stereocenters. The van der Waals surface area contributed by atoms with Crippen LogP contribution in [0.3, 0.4) is 0 Å². The summed E-state index contributed by atoms with van der Waals surface area (Å²) in [7, 11) is -3.71. The molecule has 0 saturated heterocycles. The maximum Gasteiger partial charge on any atom is 0.406 e. The van der Waals surface area contributed by atoms with Gasteiger partial charge in [-0.15, -0.1) is 0 Å². The van der Waals surface area contributed by atoms with Crippen LogP contribution in [0.25, 0.3) is 0 Å². The molecule has 2 rings (SSSR count). The predicted molar refractivity (Wildman–Crippen MR) is 116 cm³/mol. The van der Waals surface area contributed by atoms with Gasteiger partial charge in [-0.25, -0.2) is 8.42 Å². The lowest BCUT2D eigenvalue weighted by atomic mass is 10.2. The van der Waals surface area contributed by atoms with Gasteiger partial charge in [-0.2, -0.15) is 4.31 Å². The van der Waals surface area contributed by atoms with Crippen LogP contribution in [0.4, 0.5) is 11.5 Å². The standard InChI is InChI=1S/C20H26N4O6S/c1-6-23(7-2)31(28,29)18-12-16(10-8-13(18)3)22-20(25)15(5)30-17-11-9-14(4)21-19(17)24(26)27/h8-12,15H,6-7H2,1-5H3,(H,22,25). The zero-order valence-electron chi connectivity index (χ0n) is 18.1.